The van der Waals surface area contributed by atoms with Gasteiger partial charge in [0.1, 0.15) is 5.57 Å². The van der Waals surface area contributed by atoms with E-state index in [0.29, 0.717) is 16.7 Å². The Morgan fingerprint density at radius 3 is 1.33 bits per heavy atom. The highest BCUT2D eigenvalue weighted by Gasteiger charge is 2.54. The van der Waals surface area contributed by atoms with Crippen LogP contribution in [0.1, 0.15) is 22.3 Å². The molecule has 1 aliphatic rings. The minimum absolute atomic E-state index is 0.0762. The first-order valence-corrected chi connectivity index (χ1v) is 9.03. The normalized spacial score (nSPS) is 14.1. The smallest absolute Gasteiger partial charge is 0.166 e. The van der Waals surface area contributed by atoms with Crippen molar-refractivity contribution in [1.82, 2.24) is 0 Å². The third-order valence-corrected chi connectivity index (χ3v) is 4.91. The molecule has 0 saturated carbocycles. The third-order valence-electron chi connectivity index (χ3n) is 4.91. The molecule has 152 valence electrons. The Balaban J connectivity index is 2.22. The van der Waals surface area contributed by atoms with Gasteiger partial charge >= 0.3 is 12.4 Å². The molecule has 6 heteroatoms. The zero-order valence-corrected chi connectivity index (χ0v) is 15.4. The Morgan fingerprint density at radius 1 is 0.467 bits per heavy atom. The van der Waals surface area contributed by atoms with Crippen molar-refractivity contribution in [2.75, 3.05) is 0 Å². The first-order valence-electron chi connectivity index (χ1n) is 9.03. The van der Waals surface area contributed by atoms with E-state index >= 15 is 0 Å². The second kappa shape index (κ2) is 7.20. The van der Waals surface area contributed by atoms with Crippen molar-refractivity contribution in [3.8, 4) is 0 Å². The minimum Gasteiger partial charge on any atom is -0.166 e. The Kier molecular flexibility index (Phi) is 4.80. The Bertz CT molecular complexity index is 1120. The summed E-state index contributed by atoms with van der Waals surface area (Å²) in [4.78, 5) is 0. The lowest BCUT2D eigenvalue weighted by Crippen LogP contribution is -2.27. The topological polar surface area (TPSA) is 0 Å². The molecule has 0 bridgehead atoms. The molecule has 3 aromatic carbocycles. The first kappa shape index (κ1) is 20.0. The van der Waals surface area contributed by atoms with Crippen LogP contribution in [0.2, 0.25) is 0 Å². The number of halogens is 6. The van der Waals surface area contributed by atoms with Gasteiger partial charge in [0, 0.05) is 5.57 Å². The SMILES string of the molecule is FC(F)(F)C(=C1C(c2ccccc2)=C(c2ccccc2)c2ccccc21)C(F)(F)F. The maximum absolute atomic E-state index is 13.8. The van der Waals surface area contributed by atoms with E-state index in [2.05, 4.69) is 0 Å². The summed E-state index contributed by atoms with van der Waals surface area (Å²) in [6.07, 6.45) is -11.2. The van der Waals surface area contributed by atoms with Crippen LogP contribution in [0.4, 0.5) is 26.3 Å². The lowest BCUT2D eigenvalue weighted by Gasteiger charge is -2.20. The van der Waals surface area contributed by atoms with Crippen molar-refractivity contribution >= 4 is 16.7 Å². The molecule has 0 unspecified atom stereocenters. The van der Waals surface area contributed by atoms with E-state index in [1.54, 1.807) is 60.7 Å². The van der Waals surface area contributed by atoms with Crippen molar-refractivity contribution in [2.45, 2.75) is 12.4 Å². The van der Waals surface area contributed by atoms with Gasteiger partial charge in [0.2, 0.25) is 0 Å². The zero-order chi connectivity index (χ0) is 21.5. The van der Waals surface area contributed by atoms with E-state index in [-0.39, 0.29) is 16.7 Å². The van der Waals surface area contributed by atoms with Crippen molar-refractivity contribution in [2.24, 2.45) is 0 Å². The molecule has 0 nitrogen and oxygen atoms in total. The van der Waals surface area contributed by atoms with Crippen LogP contribution in [-0.2, 0) is 0 Å². The zero-order valence-electron chi connectivity index (χ0n) is 15.4. The fourth-order valence-electron chi connectivity index (χ4n) is 3.82. The number of benzene rings is 3. The van der Waals surface area contributed by atoms with E-state index in [4.69, 9.17) is 0 Å². The average Bonchev–Trinajstić information content (AvgIpc) is 3.02. The molecule has 1 aliphatic carbocycles. The molecule has 0 N–H and O–H groups in total. The molecule has 0 saturated heterocycles. The summed E-state index contributed by atoms with van der Waals surface area (Å²) >= 11 is 0. The van der Waals surface area contributed by atoms with E-state index < -0.39 is 23.5 Å². The molecule has 0 fully saturated rings. The summed E-state index contributed by atoms with van der Waals surface area (Å²) in [5, 5.41) is 0. The molecule has 30 heavy (non-hydrogen) atoms. The van der Waals surface area contributed by atoms with Crippen molar-refractivity contribution in [3.63, 3.8) is 0 Å². The highest BCUT2D eigenvalue weighted by Crippen LogP contribution is 2.55. The number of alkyl halides is 6. The number of rotatable bonds is 2. The van der Waals surface area contributed by atoms with Crippen LogP contribution in [0.25, 0.3) is 16.7 Å². The molecule has 0 spiro atoms. The second-order valence-corrected chi connectivity index (χ2v) is 6.77. The van der Waals surface area contributed by atoms with Crippen LogP contribution in [0.15, 0.2) is 90.5 Å². The van der Waals surface area contributed by atoms with Crippen LogP contribution in [-0.4, -0.2) is 12.4 Å². The van der Waals surface area contributed by atoms with Gasteiger partial charge in [0.05, 0.1) is 0 Å². The van der Waals surface area contributed by atoms with Gasteiger partial charge in [-0.2, -0.15) is 26.3 Å². The molecule has 0 aliphatic heterocycles. The quantitative estimate of drug-likeness (QED) is 0.379. The van der Waals surface area contributed by atoms with Gasteiger partial charge < -0.3 is 0 Å². The monoisotopic (exact) mass is 416 g/mol. The molecule has 4 rings (SSSR count). The van der Waals surface area contributed by atoms with Gasteiger partial charge in [-0.25, -0.2) is 0 Å². The van der Waals surface area contributed by atoms with Gasteiger partial charge in [-0.15, -0.1) is 0 Å². The van der Waals surface area contributed by atoms with Gasteiger partial charge in [-0.3, -0.25) is 0 Å². The molecule has 0 aromatic heterocycles. The summed E-state index contributed by atoms with van der Waals surface area (Å²) in [7, 11) is 0. The van der Waals surface area contributed by atoms with Gasteiger partial charge in [-0.05, 0) is 33.4 Å². The summed E-state index contributed by atoms with van der Waals surface area (Å²) in [6, 6.07) is 22.3. The van der Waals surface area contributed by atoms with Crippen LogP contribution < -0.4 is 0 Å². The van der Waals surface area contributed by atoms with Crippen molar-refractivity contribution < 1.29 is 26.3 Å². The largest absolute Gasteiger partial charge is 0.421 e. The maximum atomic E-state index is 13.8. The lowest BCUT2D eigenvalue weighted by molar-refractivity contribution is -0.170. The molecular formula is C24H14F6. The van der Waals surface area contributed by atoms with Crippen LogP contribution in [0.3, 0.4) is 0 Å². The molecule has 0 radical (unpaired) electrons. The molecule has 3 aromatic rings. The second-order valence-electron chi connectivity index (χ2n) is 6.77. The Labute approximate surface area is 168 Å². The standard InChI is InChI=1S/C24H14F6/c25-23(26,27)22(24(28,29)30)21-18-14-8-7-13-17(18)19(15-9-3-1-4-10-15)20(21)16-11-5-2-6-12-16/h1-14H. The van der Waals surface area contributed by atoms with Gasteiger partial charge in [0.25, 0.3) is 0 Å². The third kappa shape index (κ3) is 3.43. The number of hydrogen-bond donors (Lipinski definition) is 0. The molecule has 0 heterocycles. The minimum atomic E-state index is -5.58. The lowest BCUT2D eigenvalue weighted by atomic mass is 9.90. The molecular weight excluding hydrogens is 402 g/mol. The van der Waals surface area contributed by atoms with Crippen LogP contribution in [0, 0.1) is 0 Å². The van der Waals surface area contributed by atoms with Crippen LogP contribution in [0.5, 0.6) is 0 Å². The fraction of sp³-hybridized carbons (Fsp3) is 0.0833. The van der Waals surface area contributed by atoms with Crippen LogP contribution >= 0.6 is 0 Å². The number of hydrogen-bond acceptors (Lipinski definition) is 0. The summed E-state index contributed by atoms with van der Waals surface area (Å²) in [6.45, 7) is 0. The number of fused-ring (bicyclic) bond motifs is 1. The van der Waals surface area contributed by atoms with Gasteiger partial charge in [-0.1, -0.05) is 84.9 Å². The van der Waals surface area contributed by atoms with Gasteiger partial charge in [0.15, 0.2) is 0 Å². The first-order chi connectivity index (χ1) is 14.2. The summed E-state index contributed by atoms with van der Waals surface area (Å²) < 4.78 is 82.7. The van der Waals surface area contributed by atoms with E-state index in [1.165, 1.54) is 24.3 Å². The molecule has 0 amide bonds. The molecule has 0 atom stereocenters. The highest BCUT2D eigenvalue weighted by atomic mass is 19.4. The summed E-state index contributed by atoms with van der Waals surface area (Å²) in [5.74, 6) is 0. The van der Waals surface area contributed by atoms with Crippen molar-refractivity contribution in [1.29, 1.82) is 0 Å². The summed E-state index contributed by atoms with van der Waals surface area (Å²) in [5.41, 5.74) is -1.98. The predicted octanol–water partition coefficient (Wildman–Crippen LogP) is 7.54. The highest BCUT2D eigenvalue weighted by molar-refractivity contribution is 6.25. The van der Waals surface area contributed by atoms with E-state index in [0.717, 1.165) is 0 Å². The fourth-order valence-corrected chi connectivity index (χ4v) is 3.82. The van der Waals surface area contributed by atoms with E-state index in [1.807, 2.05) is 0 Å². The van der Waals surface area contributed by atoms with Crippen molar-refractivity contribution in [3.05, 3.63) is 113 Å². The Morgan fingerprint density at radius 2 is 0.867 bits per heavy atom. The van der Waals surface area contributed by atoms with E-state index in [9.17, 15) is 26.3 Å². The Hall–Kier alpha value is -3.28. The number of allylic oxidation sites excluding steroid dienone is 3. The maximum Gasteiger partial charge on any atom is 0.421 e. The predicted molar refractivity (Wildman–Crippen MR) is 104 cm³/mol. The average molecular weight is 416 g/mol.